The van der Waals surface area contributed by atoms with Gasteiger partial charge >= 0.3 is 0 Å². The Morgan fingerprint density at radius 2 is 2.11 bits per heavy atom. The van der Waals surface area contributed by atoms with Gasteiger partial charge in [0.25, 0.3) is 5.91 Å². The Morgan fingerprint density at radius 1 is 1.39 bits per heavy atom. The molecular formula is C11H16N2O3S2. The molecule has 2 heterocycles. The predicted molar refractivity (Wildman–Crippen MR) is 72.6 cm³/mol. The molecule has 0 bridgehead atoms. The molecule has 0 aliphatic carbocycles. The van der Waals surface area contributed by atoms with Crippen LogP contribution in [0, 0.1) is 6.92 Å². The topological polar surface area (TPSA) is 80.5 Å². The maximum absolute atomic E-state index is 12.2. The summed E-state index contributed by atoms with van der Waals surface area (Å²) in [4.78, 5) is 15.3. The molecule has 0 spiro atoms. The monoisotopic (exact) mass is 288 g/mol. The van der Waals surface area contributed by atoms with Gasteiger partial charge in [0, 0.05) is 23.7 Å². The fraction of sp³-hybridized carbons (Fsp3) is 0.545. The predicted octanol–water partition coefficient (Wildman–Crippen LogP) is 0.899. The molecule has 1 saturated heterocycles. The fourth-order valence-corrected chi connectivity index (χ4v) is 4.08. The molecule has 1 fully saturated rings. The number of nitrogen functional groups attached to an aromatic ring is 1. The van der Waals surface area contributed by atoms with Crippen molar-refractivity contribution < 1.29 is 13.2 Å². The van der Waals surface area contributed by atoms with Gasteiger partial charge in [-0.2, -0.15) is 0 Å². The van der Waals surface area contributed by atoms with Gasteiger partial charge in [-0.15, -0.1) is 11.3 Å². The molecule has 18 heavy (non-hydrogen) atoms. The summed E-state index contributed by atoms with van der Waals surface area (Å²) >= 11 is 1.36. The molecule has 1 aromatic rings. The first-order valence-corrected chi connectivity index (χ1v) is 8.38. The summed E-state index contributed by atoms with van der Waals surface area (Å²) in [6.07, 6.45) is 0.508. The Kier molecular flexibility index (Phi) is 3.63. The van der Waals surface area contributed by atoms with Crippen LogP contribution in [0.4, 0.5) is 5.69 Å². The quantitative estimate of drug-likeness (QED) is 0.832. The van der Waals surface area contributed by atoms with Crippen molar-refractivity contribution in [3.8, 4) is 0 Å². The number of hydrogen-bond acceptors (Lipinski definition) is 5. The van der Waals surface area contributed by atoms with Crippen molar-refractivity contribution in [2.75, 3.05) is 30.3 Å². The van der Waals surface area contributed by atoms with Gasteiger partial charge in [0.2, 0.25) is 0 Å². The number of rotatable bonds is 1. The van der Waals surface area contributed by atoms with E-state index >= 15 is 0 Å². The van der Waals surface area contributed by atoms with Gasteiger partial charge < -0.3 is 10.6 Å². The van der Waals surface area contributed by atoms with E-state index in [1.807, 2.05) is 6.92 Å². The number of anilines is 1. The first kappa shape index (κ1) is 13.4. The second-order valence-electron chi connectivity index (χ2n) is 4.42. The van der Waals surface area contributed by atoms with Crippen LogP contribution in [0.3, 0.4) is 0 Å². The average molecular weight is 288 g/mol. The van der Waals surface area contributed by atoms with E-state index in [-0.39, 0.29) is 24.0 Å². The molecule has 2 N–H and O–H groups in total. The van der Waals surface area contributed by atoms with E-state index in [0.29, 0.717) is 23.5 Å². The normalized spacial score (nSPS) is 19.5. The number of carbonyl (C=O) groups is 1. The second kappa shape index (κ2) is 4.89. The maximum atomic E-state index is 12.2. The van der Waals surface area contributed by atoms with Gasteiger partial charge in [-0.1, -0.05) is 0 Å². The van der Waals surface area contributed by atoms with E-state index in [1.54, 1.807) is 11.0 Å². The zero-order valence-corrected chi connectivity index (χ0v) is 11.8. The third-order valence-corrected chi connectivity index (χ3v) is 5.78. The van der Waals surface area contributed by atoms with E-state index in [1.165, 1.54) is 11.3 Å². The lowest BCUT2D eigenvalue weighted by Crippen LogP contribution is -2.33. The molecule has 1 aliphatic rings. The lowest BCUT2D eigenvalue weighted by molar-refractivity contribution is 0.0773. The number of carbonyl (C=O) groups excluding carboxylic acids is 1. The van der Waals surface area contributed by atoms with Gasteiger partial charge in [0.15, 0.2) is 9.84 Å². The van der Waals surface area contributed by atoms with Crippen LogP contribution in [0.5, 0.6) is 0 Å². The zero-order chi connectivity index (χ0) is 13.3. The molecule has 0 unspecified atom stereocenters. The Hall–Kier alpha value is -1.08. The van der Waals surface area contributed by atoms with Crippen molar-refractivity contribution in [1.29, 1.82) is 0 Å². The van der Waals surface area contributed by atoms with Crippen LogP contribution in [0.25, 0.3) is 0 Å². The summed E-state index contributed by atoms with van der Waals surface area (Å²) in [5.74, 6) is 0.109. The van der Waals surface area contributed by atoms with E-state index in [9.17, 15) is 13.2 Å². The lowest BCUT2D eigenvalue weighted by Gasteiger charge is -2.18. The number of amides is 1. The van der Waals surface area contributed by atoms with Gasteiger partial charge in [-0.05, 0) is 19.4 Å². The van der Waals surface area contributed by atoms with Gasteiger partial charge in [0.05, 0.1) is 16.4 Å². The van der Waals surface area contributed by atoms with E-state index in [2.05, 4.69) is 0 Å². The highest BCUT2D eigenvalue weighted by molar-refractivity contribution is 7.91. The maximum Gasteiger partial charge on any atom is 0.264 e. The van der Waals surface area contributed by atoms with Crippen LogP contribution in [0.15, 0.2) is 6.07 Å². The second-order valence-corrected chi connectivity index (χ2v) is 7.98. The fourth-order valence-electron chi connectivity index (χ4n) is 1.90. The molecule has 0 radical (unpaired) electrons. The minimum atomic E-state index is -2.99. The largest absolute Gasteiger partial charge is 0.398 e. The van der Waals surface area contributed by atoms with Crippen molar-refractivity contribution in [2.24, 2.45) is 0 Å². The van der Waals surface area contributed by atoms with Crippen LogP contribution in [0.1, 0.15) is 21.0 Å². The summed E-state index contributed by atoms with van der Waals surface area (Å²) in [6.45, 7) is 2.64. The summed E-state index contributed by atoms with van der Waals surface area (Å²) in [6, 6.07) is 1.67. The molecule has 0 aromatic carbocycles. The van der Waals surface area contributed by atoms with Crippen molar-refractivity contribution in [1.82, 2.24) is 4.90 Å². The molecule has 5 nitrogen and oxygen atoms in total. The number of nitrogens with zero attached hydrogens (tertiary/aromatic N) is 1. The van der Waals surface area contributed by atoms with Crippen molar-refractivity contribution in [3.63, 3.8) is 0 Å². The molecule has 7 heteroatoms. The van der Waals surface area contributed by atoms with Gasteiger partial charge in [-0.25, -0.2) is 8.42 Å². The summed E-state index contributed by atoms with van der Waals surface area (Å²) in [7, 11) is -2.99. The molecule has 2 rings (SSSR count). The highest BCUT2D eigenvalue weighted by atomic mass is 32.2. The molecule has 0 saturated carbocycles. The molecular weight excluding hydrogens is 272 g/mol. The van der Waals surface area contributed by atoms with E-state index in [0.717, 1.165) is 4.88 Å². The molecule has 1 aliphatic heterocycles. The number of aryl methyl sites for hydroxylation is 1. The minimum Gasteiger partial charge on any atom is -0.398 e. The van der Waals surface area contributed by atoms with Crippen LogP contribution < -0.4 is 5.73 Å². The summed E-state index contributed by atoms with van der Waals surface area (Å²) in [5.41, 5.74) is 6.34. The van der Waals surface area contributed by atoms with E-state index in [4.69, 9.17) is 5.73 Å². The minimum absolute atomic E-state index is 0.0541. The molecule has 0 atom stereocenters. The third kappa shape index (κ3) is 2.84. The van der Waals surface area contributed by atoms with Crippen LogP contribution >= 0.6 is 11.3 Å². The SMILES string of the molecule is Cc1sc(C(=O)N2CCCS(=O)(=O)CC2)cc1N. The Bertz CT molecular complexity index is 543. The van der Waals surface area contributed by atoms with E-state index < -0.39 is 9.84 Å². The number of sulfone groups is 1. The lowest BCUT2D eigenvalue weighted by atomic mass is 10.3. The Labute approximate surface area is 111 Å². The van der Waals surface area contributed by atoms with Crippen molar-refractivity contribution >= 4 is 32.8 Å². The smallest absolute Gasteiger partial charge is 0.264 e. The molecule has 1 amide bonds. The van der Waals surface area contributed by atoms with Crippen LogP contribution in [-0.4, -0.2) is 43.8 Å². The highest BCUT2D eigenvalue weighted by Gasteiger charge is 2.24. The molecule has 100 valence electrons. The van der Waals surface area contributed by atoms with Gasteiger partial charge in [-0.3, -0.25) is 4.79 Å². The van der Waals surface area contributed by atoms with Crippen LogP contribution in [0.2, 0.25) is 0 Å². The van der Waals surface area contributed by atoms with Crippen molar-refractivity contribution in [2.45, 2.75) is 13.3 Å². The van der Waals surface area contributed by atoms with Crippen molar-refractivity contribution in [3.05, 3.63) is 15.8 Å². The average Bonchev–Trinajstić information content (AvgIpc) is 2.52. The zero-order valence-electron chi connectivity index (χ0n) is 10.2. The Morgan fingerprint density at radius 3 is 2.72 bits per heavy atom. The first-order valence-electron chi connectivity index (χ1n) is 5.75. The number of nitrogens with two attached hydrogens (primary N) is 1. The van der Waals surface area contributed by atoms with Crippen LogP contribution in [-0.2, 0) is 9.84 Å². The number of hydrogen-bond donors (Lipinski definition) is 1. The Balaban J connectivity index is 2.14. The summed E-state index contributed by atoms with van der Waals surface area (Å²) in [5, 5.41) is 0. The highest BCUT2D eigenvalue weighted by Crippen LogP contribution is 2.25. The number of thiophene rings is 1. The third-order valence-electron chi connectivity index (χ3n) is 3.01. The van der Waals surface area contributed by atoms with Gasteiger partial charge in [0.1, 0.15) is 0 Å². The summed E-state index contributed by atoms with van der Waals surface area (Å²) < 4.78 is 23.0. The molecule has 1 aromatic heterocycles. The first-order chi connectivity index (χ1) is 8.39. The standard InChI is InChI=1S/C11H16N2O3S2/c1-8-9(12)7-10(17-8)11(14)13-3-2-5-18(15,16)6-4-13/h7H,2-6,12H2,1H3.